The van der Waals surface area contributed by atoms with Gasteiger partial charge in [0.05, 0.1) is 17.8 Å². The molecule has 0 aliphatic carbocycles. The molecule has 2 heterocycles. The molecule has 1 aliphatic heterocycles. The van der Waals surface area contributed by atoms with Crippen molar-refractivity contribution in [3.05, 3.63) is 52.6 Å². The van der Waals surface area contributed by atoms with Crippen molar-refractivity contribution in [3.8, 4) is 0 Å². The van der Waals surface area contributed by atoms with Crippen molar-refractivity contribution < 1.29 is 18.4 Å². The maximum Gasteiger partial charge on any atom is 0.254 e. The summed E-state index contributed by atoms with van der Waals surface area (Å²) in [6.07, 6.45) is 0.845. The van der Waals surface area contributed by atoms with E-state index in [0.29, 0.717) is 25.1 Å². The van der Waals surface area contributed by atoms with Crippen LogP contribution in [0.2, 0.25) is 0 Å². The van der Waals surface area contributed by atoms with E-state index in [1.807, 2.05) is 7.05 Å². The molecule has 8 heteroatoms. The van der Waals surface area contributed by atoms with E-state index in [2.05, 4.69) is 28.7 Å². The average Bonchev–Trinajstić information content (AvgIpc) is 2.98. The minimum absolute atomic E-state index is 0.0807. The zero-order valence-electron chi connectivity index (χ0n) is 16.3. The van der Waals surface area contributed by atoms with Crippen molar-refractivity contribution in [2.75, 3.05) is 13.1 Å². The average molecular weight is 390 g/mol. The summed E-state index contributed by atoms with van der Waals surface area (Å²) in [5.74, 6) is -1.12. The Labute approximate surface area is 162 Å². The van der Waals surface area contributed by atoms with Gasteiger partial charge < -0.3 is 14.8 Å². The number of carbonyl (C=O) groups excluding carboxylic acids is 2. The Morgan fingerprint density at radius 3 is 2.71 bits per heavy atom. The number of imidazole rings is 1. The van der Waals surface area contributed by atoms with E-state index < -0.39 is 17.5 Å². The first-order chi connectivity index (χ1) is 13.3. The van der Waals surface area contributed by atoms with Crippen LogP contribution in [-0.4, -0.2) is 39.4 Å². The molecule has 1 aromatic carbocycles. The standard InChI is InChI=1S/C20H24F2N4O2/c1-12(2)19-24-16-11-26(9-7-17(16)25(19)3)18(27)6-8-23-20(28)14-5-4-13(21)10-15(14)22/h4-5,10,12H,6-9,11H2,1-3H3,(H,23,28). The third-order valence-electron chi connectivity index (χ3n) is 4.96. The van der Waals surface area contributed by atoms with Crippen LogP contribution in [0.15, 0.2) is 18.2 Å². The SMILES string of the molecule is CC(C)c1nc2c(n1C)CCN(C(=O)CCNC(=O)c1ccc(F)cc1F)C2. The van der Waals surface area contributed by atoms with Crippen LogP contribution in [0.1, 0.15) is 53.8 Å². The molecule has 0 fully saturated rings. The number of amides is 2. The third kappa shape index (κ3) is 4.05. The number of nitrogens with zero attached hydrogens (tertiary/aromatic N) is 3. The number of nitrogens with one attached hydrogen (secondary N) is 1. The van der Waals surface area contributed by atoms with Gasteiger partial charge in [-0.25, -0.2) is 13.8 Å². The first-order valence-electron chi connectivity index (χ1n) is 9.33. The molecule has 0 unspecified atom stereocenters. The van der Waals surface area contributed by atoms with E-state index >= 15 is 0 Å². The van der Waals surface area contributed by atoms with Gasteiger partial charge >= 0.3 is 0 Å². The van der Waals surface area contributed by atoms with E-state index in [9.17, 15) is 18.4 Å². The quantitative estimate of drug-likeness (QED) is 0.853. The fourth-order valence-electron chi connectivity index (χ4n) is 3.49. The molecule has 28 heavy (non-hydrogen) atoms. The summed E-state index contributed by atoms with van der Waals surface area (Å²) >= 11 is 0. The molecule has 1 aliphatic rings. The van der Waals surface area contributed by atoms with E-state index in [-0.39, 0.29) is 24.4 Å². The zero-order valence-corrected chi connectivity index (χ0v) is 16.3. The highest BCUT2D eigenvalue weighted by Gasteiger charge is 2.26. The summed E-state index contributed by atoms with van der Waals surface area (Å²) in [4.78, 5) is 30.9. The van der Waals surface area contributed by atoms with Crippen molar-refractivity contribution in [2.24, 2.45) is 7.05 Å². The summed E-state index contributed by atoms with van der Waals surface area (Å²) in [5, 5.41) is 2.51. The van der Waals surface area contributed by atoms with Crippen LogP contribution in [-0.2, 0) is 24.8 Å². The van der Waals surface area contributed by atoms with E-state index in [0.717, 1.165) is 35.8 Å². The van der Waals surface area contributed by atoms with Gasteiger partial charge in [-0.2, -0.15) is 0 Å². The molecule has 1 N–H and O–H groups in total. The second-order valence-corrected chi connectivity index (χ2v) is 7.27. The molecule has 2 aromatic rings. The highest BCUT2D eigenvalue weighted by atomic mass is 19.1. The molecule has 0 saturated heterocycles. The predicted octanol–water partition coefficient (Wildman–Crippen LogP) is 2.53. The van der Waals surface area contributed by atoms with Crippen molar-refractivity contribution in [1.29, 1.82) is 0 Å². The van der Waals surface area contributed by atoms with Gasteiger partial charge in [0.25, 0.3) is 5.91 Å². The number of rotatable bonds is 5. The van der Waals surface area contributed by atoms with E-state index in [4.69, 9.17) is 0 Å². The van der Waals surface area contributed by atoms with Crippen LogP contribution in [0.5, 0.6) is 0 Å². The lowest BCUT2D eigenvalue weighted by atomic mass is 10.1. The van der Waals surface area contributed by atoms with Crippen molar-refractivity contribution >= 4 is 11.8 Å². The van der Waals surface area contributed by atoms with Crippen molar-refractivity contribution in [1.82, 2.24) is 19.8 Å². The van der Waals surface area contributed by atoms with Gasteiger partial charge in [-0.15, -0.1) is 0 Å². The Morgan fingerprint density at radius 1 is 1.29 bits per heavy atom. The first-order valence-corrected chi connectivity index (χ1v) is 9.33. The second kappa shape index (κ2) is 8.08. The maximum absolute atomic E-state index is 13.6. The predicted molar refractivity (Wildman–Crippen MR) is 99.7 cm³/mol. The van der Waals surface area contributed by atoms with Gasteiger partial charge in [0.1, 0.15) is 17.5 Å². The highest BCUT2D eigenvalue weighted by Crippen LogP contribution is 2.23. The van der Waals surface area contributed by atoms with Gasteiger partial charge in [0.15, 0.2) is 0 Å². The molecule has 0 radical (unpaired) electrons. The lowest BCUT2D eigenvalue weighted by Gasteiger charge is -2.27. The molecule has 6 nitrogen and oxygen atoms in total. The molecular formula is C20H24F2N4O2. The summed E-state index contributed by atoms with van der Waals surface area (Å²) in [6, 6.07) is 2.76. The zero-order chi connectivity index (χ0) is 20.4. The van der Waals surface area contributed by atoms with Gasteiger partial charge in [0.2, 0.25) is 5.91 Å². The van der Waals surface area contributed by atoms with E-state index in [1.165, 1.54) is 0 Å². The monoisotopic (exact) mass is 390 g/mol. The first kappa shape index (κ1) is 20.0. The van der Waals surface area contributed by atoms with Crippen LogP contribution < -0.4 is 5.32 Å². The molecule has 1 aromatic heterocycles. The van der Waals surface area contributed by atoms with Crippen LogP contribution in [0.3, 0.4) is 0 Å². The Hall–Kier alpha value is -2.77. The normalized spacial score (nSPS) is 13.6. The molecule has 3 rings (SSSR count). The Morgan fingerprint density at radius 2 is 2.04 bits per heavy atom. The third-order valence-corrected chi connectivity index (χ3v) is 4.96. The van der Waals surface area contributed by atoms with Gasteiger partial charge in [0, 0.05) is 50.7 Å². The largest absolute Gasteiger partial charge is 0.351 e. The lowest BCUT2D eigenvalue weighted by molar-refractivity contribution is -0.132. The Kier molecular flexibility index (Phi) is 5.76. The number of carbonyl (C=O) groups is 2. The van der Waals surface area contributed by atoms with Gasteiger partial charge in [-0.3, -0.25) is 9.59 Å². The Balaban J connectivity index is 1.54. The van der Waals surface area contributed by atoms with Crippen molar-refractivity contribution in [3.63, 3.8) is 0 Å². The topological polar surface area (TPSA) is 67.2 Å². The summed E-state index contributed by atoms with van der Waals surface area (Å²) in [5.41, 5.74) is 1.84. The second-order valence-electron chi connectivity index (χ2n) is 7.27. The number of hydrogen-bond donors (Lipinski definition) is 1. The van der Waals surface area contributed by atoms with Crippen LogP contribution >= 0.6 is 0 Å². The fraction of sp³-hybridized carbons (Fsp3) is 0.450. The summed E-state index contributed by atoms with van der Waals surface area (Å²) in [7, 11) is 2.00. The highest BCUT2D eigenvalue weighted by molar-refractivity contribution is 5.94. The summed E-state index contributed by atoms with van der Waals surface area (Å²) in [6.45, 7) is 5.31. The molecule has 150 valence electrons. The van der Waals surface area contributed by atoms with E-state index in [1.54, 1.807) is 4.90 Å². The Bertz CT molecular complexity index is 908. The van der Waals surface area contributed by atoms with Crippen LogP contribution in [0.4, 0.5) is 8.78 Å². The van der Waals surface area contributed by atoms with Crippen LogP contribution in [0, 0.1) is 11.6 Å². The summed E-state index contributed by atoms with van der Waals surface area (Å²) < 4.78 is 28.7. The van der Waals surface area contributed by atoms with Crippen molar-refractivity contribution in [2.45, 2.75) is 39.2 Å². The smallest absolute Gasteiger partial charge is 0.254 e. The van der Waals surface area contributed by atoms with Gasteiger partial charge in [-0.1, -0.05) is 13.8 Å². The molecule has 0 bridgehead atoms. The maximum atomic E-state index is 13.6. The minimum Gasteiger partial charge on any atom is -0.351 e. The van der Waals surface area contributed by atoms with Crippen LogP contribution in [0.25, 0.3) is 0 Å². The molecule has 0 saturated carbocycles. The fourth-order valence-corrected chi connectivity index (χ4v) is 3.49. The molecule has 0 atom stereocenters. The number of benzene rings is 1. The molecule has 2 amide bonds. The minimum atomic E-state index is -0.927. The molecule has 0 spiro atoms. The lowest BCUT2D eigenvalue weighted by Crippen LogP contribution is -2.38. The molecular weight excluding hydrogens is 366 g/mol. The number of aromatic nitrogens is 2. The number of halogens is 2. The van der Waals surface area contributed by atoms with Gasteiger partial charge in [-0.05, 0) is 12.1 Å². The number of hydrogen-bond acceptors (Lipinski definition) is 3. The number of fused-ring (bicyclic) bond motifs is 1.